The van der Waals surface area contributed by atoms with Gasteiger partial charge in [0, 0.05) is 29.9 Å². The number of unbranched alkanes of at least 4 members (excludes halogenated alkanes) is 4. The Hall–Kier alpha value is -3.49. The molecule has 36 heavy (non-hydrogen) atoms. The molecule has 0 aromatic heterocycles. The lowest BCUT2D eigenvalue weighted by molar-refractivity contribution is 0.0636. The smallest absolute Gasteiger partial charge is 0.261 e. The number of azide groups is 1. The van der Waals surface area contributed by atoms with E-state index >= 15 is 0 Å². The van der Waals surface area contributed by atoms with E-state index in [1.54, 1.807) is 48.5 Å². The lowest BCUT2D eigenvalue weighted by atomic mass is 10.1. The van der Waals surface area contributed by atoms with Gasteiger partial charge < -0.3 is 0 Å². The number of carbonyl (C=O) groups is 4. The molecule has 2 aromatic rings. The number of rotatable bonds is 11. The van der Waals surface area contributed by atoms with Gasteiger partial charge in [0.1, 0.15) is 0 Å². The van der Waals surface area contributed by atoms with Gasteiger partial charge in [-0.15, -0.1) is 0 Å². The first-order valence-corrected chi connectivity index (χ1v) is 13.1. The summed E-state index contributed by atoms with van der Waals surface area (Å²) in [6, 6.07) is 13.9. The van der Waals surface area contributed by atoms with Crippen LogP contribution in [0.3, 0.4) is 0 Å². The van der Waals surface area contributed by atoms with Crippen LogP contribution in [-0.2, 0) is 0 Å². The van der Waals surface area contributed by atoms with Crippen molar-refractivity contribution in [3.05, 3.63) is 81.2 Å². The standard InChI is InChI=1S/C13H14BrNO2.C13H14N4O2/c14-8-4-1-5-9-15-12(16)10-6-2-3-7-11(10)13(15)17;14-16-15-8-4-1-5-9-17-12(18)10-6-2-3-7-11(10)13(17)19/h2-3,6-7H,1,4-5,8-9H2;2-3,6-7H,1,4-5,8-9H2. The number of nitrogens with zero attached hydrogens (tertiary/aromatic N) is 5. The summed E-state index contributed by atoms with van der Waals surface area (Å²) in [7, 11) is 0. The summed E-state index contributed by atoms with van der Waals surface area (Å²) in [6.45, 7) is 1.40. The molecule has 4 amide bonds. The number of alkyl halides is 1. The summed E-state index contributed by atoms with van der Waals surface area (Å²) in [5.41, 5.74) is 10.2. The maximum atomic E-state index is 12.0. The first-order chi connectivity index (χ1) is 17.5. The van der Waals surface area contributed by atoms with E-state index < -0.39 is 0 Å². The van der Waals surface area contributed by atoms with Crippen LogP contribution in [0.4, 0.5) is 0 Å². The van der Waals surface area contributed by atoms with Crippen LogP contribution >= 0.6 is 15.9 Å². The van der Waals surface area contributed by atoms with Gasteiger partial charge in [0.15, 0.2) is 0 Å². The average Bonchev–Trinajstić information content (AvgIpc) is 3.29. The van der Waals surface area contributed by atoms with Gasteiger partial charge in [-0.25, -0.2) is 0 Å². The van der Waals surface area contributed by atoms with Crippen molar-refractivity contribution in [2.45, 2.75) is 38.5 Å². The molecule has 2 heterocycles. The van der Waals surface area contributed by atoms with Crippen LogP contribution in [0.25, 0.3) is 10.4 Å². The Balaban J connectivity index is 0.000000202. The van der Waals surface area contributed by atoms with E-state index in [1.807, 2.05) is 0 Å². The molecule has 0 N–H and O–H groups in total. The van der Waals surface area contributed by atoms with E-state index in [0.29, 0.717) is 41.9 Å². The van der Waals surface area contributed by atoms with Gasteiger partial charge in [0.25, 0.3) is 23.6 Å². The predicted octanol–water partition coefficient (Wildman–Crippen LogP) is 5.61. The highest BCUT2D eigenvalue weighted by Gasteiger charge is 2.35. The number of fused-ring (bicyclic) bond motifs is 2. The highest BCUT2D eigenvalue weighted by Crippen LogP contribution is 2.23. The predicted molar refractivity (Wildman–Crippen MR) is 139 cm³/mol. The summed E-state index contributed by atoms with van der Waals surface area (Å²) in [5.74, 6) is -0.722. The van der Waals surface area contributed by atoms with Crippen LogP contribution in [0.1, 0.15) is 80.0 Å². The Morgan fingerprint density at radius 2 is 1.03 bits per heavy atom. The Kier molecular flexibility index (Phi) is 10.2. The summed E-state index contributed by atoms with van der Waals surface area (Å²) < 4.78 is 0. The van der Waals surface area contributed by atoms with Crippen molar-refractivity contribution in [1.29, 1.82) is 0 Å². The molecule has 0 bridgehead atoms. The van der Waals surface area contributed by atoms with Crippen molar-refractivity contribution < 1.29 is 19.2 Å². The number of carbonyl (C=O) groups excluding carboxylic acids is 4. The molecule has 2 aliphatic heterocycles. The summed E-state index contributed by atoms with van der Waals surface area (Å²) >= 11 is 3.36. The molecule has 188 valence electrons. The van der Waals surface area contributed by atoms with Crippen LogP contribution in [0.5, 0.6) is 0 Å². The molecule has 0 radical (unpaired) electrons. The van der Waals surface area contributed by atoms with E-state index in [1.165, 1.54) is 9.80 Å². The molecular formula is C26H28BrN5O4. The van der Waals surface area contributed by atoms with E-state index in [-0.39, 0.29) is 23.6 Å². The van der Waals surface area contributed by atoms with Crippen LogP contribution in [0.2, 0.25) is 0 Å². The van der Waals surface area contributed by atoms with E-state index in [9.17, 15) is 19.2 Å². The van der Waals surface area contributed by atoms with E-state index in [2.05, 4.69) is 26.0 Å². The molecule has 0 aliphatic carbocycles. The molecule has 0 saturated carbocycles. The number of halogens is 1. The van der Waals surface area contributed by atoms with Gasteiger partial charge in [-0.1, -0.05) is 58.2 Å². The van der Waals surface area contributed by atoms with E-state index in [4.69, 9.17) is 5.53 Å². The van der Waals surface area contributed by atoms with Crippen molar-refractivity contribution in [3.63, 3.8) is 0 Å². The first kappa shape index (κ1) is 27.1. The molecule has 2 aromatic carbocycles. The minimum atomic E-state index is -0.212. The Morgan fingerprint density at radius 3 is 1.39 bits per heavy atom. The normalized spacial score (nSPS) is 13.8. The first-order valence-electron chi connectivity index (χ1n) is 12.0. The van der Waals surface area contributed by atoms with Gasteiger partial charge in [0.05, 0.1) is 22.3 Å². The number of amides is 4. The Bertz CT molecular complexity index is 1110. The lowest BCUT2D eigenvalue weighted by Gasteiger charge is -2.13. The lowest BCUT2D eigenvalue weighted by Crippen LogP contribution is -2.30. The second-order valence-electron chi connectivity index (χ2n) is 8.38. The third-order valence-electron chi connectivity index (χ3n) is 5.97. The van der Waals surface area contributed by atoms with Crippen LogP contribution < -0.4 is 0 Å². The third kappa shape index (κ3) is 6.38. The quantitative estimate of drug-likeness (QED) is 0.0894. The zero-order valence-corrected chi connectivity index (χ0v) is 21.5. The summed E-state index contributed by atoms with van der Waals surface area (Å²) in [5, 5.41) is 4.40. The maximum Gasteiger partial charge on any atom is 0.261 e. The Morgan fingerprint density at radius 1 is 0.639 bits per heavy atom. The minimum Gasteiger partial charge on any atom is -0.274 e. The van der Waals surface area contributed by atoms with E-state index in [0.717, 1.165) is 43.9 Å². The van der Waals surface area contributed by atoms with Gasteiger partial charge in [0.2, 0.25) is 0 Å². The van der Waals surface area contributed by atoms with Crippen molar-refractivity contribution in [3.8, 4) is 0 Å². The largest absolute Gasteiger partial charge is 0.274 e. The molecule has 0 atom stereocenters. The van der Waals surface area contributed by atoms with Gasteiger partial charge in [-0.2, -0.15) is 0 Å². The van der Waals surface area contributed by atoms with Crippen LogP contribution in [-0.4, -0.2) is 58.4 Å². The monoisotopic (exact) mass is 553 g/mol. The number of hydrogen-bond donors (Lipinski definition) is 0. The highest BCUT2D eigenvalue weighted by molar-refractivity contribution is 9.09. The summed E-state index contributed by atoms with van der Waals surface area (Å²) in [4.78, 5) is 53.3. The molecular weight excluding hydrogens is 526 g/mol. The highest BCUT2D eigenvalue weighted by atomic mass is 79.9. The molecule has 0 fully saturated rings. The van der Waals surface area contributed by atoms with Crippen molar-refractivity contribution >= 4 is 39.6 Å². The Labute approximate surface area is 218 Å². The van der Waals surface area contributed by atoms with Gasteiger partial charge >= 0.3 is 0 Å². The van der Waals surface area contributed by atoms with Crippen molar-refractivity contribution in [2.24, 2.45) is 5.11 Å². The molecule has 0 saturated heterocycles. The molecule has 2 aliphatic rings. The fourth-order valence-electron chi connectivity index (χ4n) is 4.10. The fourth-order valence-corrected chi connectivity index (χ4v) is 4.50. The molecule has 9 nitrogen and oxygen atoms in total. The SMILES string of the molecule is O=C1c2ccccc2C(=O)N1CCCCCBr.[N-]=[N+]=NCCCCCN1C(=O)c2ccccc2C1=O. The zero-order valence-electron chi connectivity index (χ0n) is 19.9. The molecule has 4 rings (SSSR count). The fraction of sp³-hybridized carbons (Fsp3) is 0.385. The number of imide groups is 2. The molecule has 0 spiro atoms. The number of benzene rings is 2. The van der Waals surface area contributed by atoms with Crippen LogP contribution in [0, 0.1) is 0 Å². The second-order valence-corrected chi connectivity index (χ2v) is 9.17. The third-order valence-corrected chi connectivity index (χ3v) is 6.54. The summed E-state index contributed by atoms with van der Waals surface area (Å²) in [6.07, 6.45) is 5.30. The van der Waals surface area contributed by atoms with Gasteiger partial charge in [-0.05, 0) is 55.5 Å². The van der Waals surface area contributed by atoms with Crippen molar-refractivity contribution in [2.75, 3.05) is 25.0 Å². The van der Waals surface area contributed by atoms with Crippen molar-refractivity contribution in [1.82, 2.24) is 9.80 Å². The average molecular weight is 554 g/mol. The van der Waals surface area contributed by atoms with Crippen LogP contribution in [0.15, 0.2) is 53.6 Å². The topological polar surface area (TPSA) is 124 Å². The zero-order chi connectivity index (χ0) is 25.9. The number of hydrogen-bond acceptors (Lipinski definition) is 5. The minimum absolute atomic E-state index is 0.149. The molecule has 0 unspecified atom stereocenters. The second kappa shape index (κ2) is 13.6. The van der Waals surface area contributed by atoms with Gasteiger partial charge in [-0.3, -0.25) is 29.0 Å². The maximum absolute atomic E-state index is 12.0. The molecule has 10 heteroatoms.